The Morgan fingerprint density at radius 3 is 2.43 bits per heavy atom. The lowest BCUT2D eigenvalue weighted by molar-refractivity contribution is 0.253. The highest BCUT2D eigenvalue weighted by atomic mass is 32.2. The average molecular weight is 318 g/mol. The molecule has 0 aromatic heterocycles. The maximum Gasteiger partial charge on any atom is 0.212 e. The van der Waals surface area contributed by atoms with E-state index in [1.54, 1.807) is 0 Å². The Bertz CT molecular complexity index is 390. The van der Waals surface area contributed by atoms with Gasteiger partial charge in [0.05, 0.1) is 5.75 Å². The predicted molar refractivity (Wildman–Crippen MR) is 85.9 cm³/mol. The van der Waals surface area contributed by atoms with E-state index in [1.807, 2.05) is 0 Å². The summed E-state index contributed by atoms with van der Waals surface area (Å²) in [6, 6.07) is 0. The minimum absolute atomic E-state index is 0.212. The third kappa shape index (κ3) is 6.61. The molecule has 2 saturated heterocycles. The number of nitrogens with one attached hydrogen (secondary N) is 2. The first-order chi connectivity index (χ1) is 10.1. The number of nitrogens with zero attached hydrogens (tertiary/aromatic N) is 2. The van der Waals surface area contributed by atoms with Crippen molar-refractivity contribution in [3.63, 3.8) is 0 Å². The van der Waals surface area contributed by atoms with Gasteiger partial charge in [-0.2, -0.15) is 0 Å². The summed E-state index contributed by atoms with van der Waals surface area (Å²) in [5.74, 6) is 0.584. The molecule has 124 valence electrons. The average Bonchev–Trinajstić information content (AvgIpc) is 2.97. The van der Waals surface area contributed by atoms with Crippen molar-refractivity contribution < 1.29 is 8.42 Å². The third-order valence-corrected chi connectivity index (χ3v) is 5.63. The van der Waals surface area contributed by atoms with Crippen molar-refractivity contribution in [1.29, 1.82) is 0 Å². The summed E-state index contributed by atoms with van der Waals surface area (Å²) < 4.78 is 26.9. The SMILES string of the molecule is CC(CNS(=O)(=O)CCN1CCNCC1)CN1CCCC1. The van der Waals surface area contributed by atoms with Gasteiger partial charge in [-0.05, 0) is 31.8 Å². The Morgan fingerprint density at radius 2 is 1.76 bits per heavy atom. The zero-order chi connectivity index (χ0) is 15.1. The molecule has 0 aliphatic carbocycles. The quantitative estimate of drug-likeness (QED) is 0.634. The molecule has 2 fully saturated rings. The van der Waals surface area contributed by atoms with Gasteiger partial charge in [-0.1, -0.05) is 6.92 Å². The monoisotopic (exact) mass is 318 g/mol. The number of piperazine rings is 1. The van der Waals surface area contributed by atoms with Crippen LogP contribution in [0.25, 0.3) is 0 Å². The van der Waals surface area contributed by atoms with Crippen LogP contribution in [0.5, 0.6) is 0 Å². The first-order valence-electron chi connectivity index (χ1n) is 8.18. The van der Waals surface area contributed by atoms with Gasteiger partial charge in [0, 0.05) is 45.8 Å². The van der Waals surface area contributed by atoms with Gasteiger partial charge in [0.1, 0.15) is 0 Å². The molecule has 6 nitrogen and oxygen atoms in total. The number of sulfonamides is 1. The lowest BCUT2D eigenvalue weighted by Crippen LogP contribution is -2.46. The van der Waals surface area contributed by atoms with Gasteiger partial charge in [-0.3, -0.25) is 4.90 Å². The molecule has 0 aromatic rings. The fraction of sp³-hybridized carbons (Fsp3) is 1.00. The van der Waals surface area contributed by atoms with Crippen LogP contribution in [0.3, 0.4) is 0 Å². The normalized spacial score (nSPS) is 23.5. The maximum absolute atomic E-state index is 12.0. The highest BCUT2D eigenvalue weighted by Crippen LogP contribution is 2.09. The Morgan fingerprint density at radius 1 is 1.10 bits per heavy atom. The molecule has 0 spiro atoms. The molecule has 2 N–H and O–H groups in total. The second-order valence-electron chi connectivity index (χ2n) is 6.37. The van der Waals surface area contributed by atoms with Crippen molar-refractivity contribution in [2.45, 2.75) is 19.8 Å². The molecule has 2 aliphatic rings. The van der Waals surface area contributed by atoms with E-state index in [0.717, 1.165) is 32.7 Å². The van der Waals surface area contributed by atoms with E-state index < -0.39 is 10.0 Å². The van der Waals surface area contributed by atoms with Gasteiger partial charge >= 0.3 is 0 Å². The second kappa shape index (κ2) is 8.43. The molecule has 1 unspecified atom stereocenters. The van der Waals surface area contributed by atoms with Crippen LogP contribution in [-0.4, -0.2) is 82.9 Å². The molecule has 0 amide bonds. The standard InChI is InChI=1S/C14H30N4O2S/c1-14(13-18-6-2-3-7-18)12-16-21(19,20)11-10-17-8-4-15-5-9-17/h14-16H,2-13H2,1H3. The number of rotatable bonds is 8. The molecular formula is C14H30N4O2S. The van der Waals surface area contributed by atoms with Crippen LogP contribution in [0.4, 0.5) is 0 Å². The molecule has 21 heavy (non-hydrogen) atoms. The van der Waals surface area contributed by atoms with E-state index in [4.69, 9.17) is 0 Å². The van der Waals surface area contributed by atoms with Crippen LogP contribution < -0.4 is 10.0 Å². The highest BCUT2D eigenvalue weighted by molar-refractivity contribution is 7.89. The van der Waals surface area contributed by atoms with Crippen molar-refractivity contribution in [2.75, 3.05) is 64.7 Å². The Balaban J connectivity index is 1.62. The van der Waals surface area contributed by atoms with Crippen molar-refractivity contribution in [1.82, 2.24) is 19.8 Å². The van der Waals surface area contributed by atoms with Crippen LogP contribution in [0.2, 0.25) is 0 Å². The fourth-order valence-electron chi connectivity index (χ4n) is 3.00. The lowest BCUT2D eigenvalue weighted by atomic mass is 10.2. The summed E-state index contributed by atoms with van der Waals surface area (Å²) in [6.07, 6.45) is 2.56. The molecule has 2 aliphatic heterocycles. The summed E-state index contributed by atoms with van der Waals surface area (Å²) >= 11 is 0. The summed E-state index contributed by atoms with van der Waals surface area (Å²) in [5.41, 5.74) is 0. The van der Waals surface area contributed by atoms with E-state index in [-0.39, 0.29) is 5.75 Å². The molecule has 1 atom stereocenters. The number of hydrogen-bond acceptors (Lipinski definition) is 5. The van der Waals surface area contributed by atoms with Crippen LogP contribution >= 0.6 is 0 Å². The zero-order valence-electron chi connectivity index (χ0n) is 13.2. The Hall–Kier alpha value is -0.210. The number of likely N-dealkylation sites (tertiary alicyclic amines) is 1. The molecule has 0 radical (unpaired) electrons. The first kappa shape index (κ1) is 17.1. The highest BCUT2D eigenvalue weighted by Gasteiger charge is 2.18. The van der Waals surface area contributed by atoms with Gasteiger partial charge in [-0.25, -0.2) is 13.1 Å². The van der Waals surface area contributed by atoms with Gasteiger partial charge < -0.3 is 10.2 Å². The lowest BCUT2D eigenvalue weighted by Gasteiger charge is -2.27. The van der Waals surface area contributed by atoms with Crippen LogP contribution in [0.15, 0.2) is 0 Å². The minimum Gasteiger partial charge on any atom is -0.314 e. The molecule has 0 bridgehead atoms. The summed E-state index contributed by atoms with van der Waals surface area (Å²) in [5, 5.41) is 3.27. The molecule has 0 saturated carbocycles. The van der Waals surface area contributed by atoms with Crippen LogP contribution in [0, 0.1) is 5.92 Å². The predicted octanol–water partition coefficient (Wildman–Crippen LogP) is -0.457. The van der Waals surface area contributed by atoms with Crippen molar-refractivity contribution >= 4 is 10.0 Å². The van der Waals surface area contributed by atoms with Gasteiger partial charge in [-0.15, -0.1) is 0 Å². The van der Waals surface area contributed by atoms with E-state index in [1.165, 1.54) is 25.9 Å². The largest absolute Gasteiger partial charge is 0.314 e. The van der Waals surface area contributed by atoms with Gasteiger partial charge in [0.15, 0.2) is 0 Å². The van der Waals surface area contributed by atoms with Crippen molar-refractivity contribution in [3.05, 3.63) is 0 Å². The molecule has 7 heteroatoms. The topological polar surface area (TPSA) is 64.7 Å². The summed E-state index contributed by atoms with van der Waals surface area (Å²) in [4.78, 5) is 4.64. The molecule has 2 rings (SSSR count). The number of hydrogen-bond donors (Lipinski definition) is 2. The minimum atomic E-state index is -3.14. The second-order valence-corrected chi connectivity index (χ2v) is 8.30. The van der Waals surface area contributed by atoms with E-state index in [2.05, 4.69) is 26.8 Å². The smallest absolute Gasteiger partial charge is 0.212 e. The van der Waals surface area contributed by atoms with Crippen molar-refractivity contribution in [2.24, 2.45) is 5.92 Å². The Labute approximate surface area is 129 Å². The van der Waals surface area contributed by atoms with Gasteiger partial charge in [0.2, 0.25) is 10.0 Å². The van der Waals surface area contributed by atoms with E-state index in [9.17, 15) is 8.42 Å². The van der Waals surface area contributed by atoms with Crippen LogP contribution in [-0.2, 0) is 10.0 Å². The summed E-state index contributed by atoms with van der Waals surface area (Å²) in [6.45, 7) is 10.5. The Kier molecular flexibility index (Phi) is 6.88. The molecule has 0 aromatic carbocycles. The fourth-order valence-corrected chi connectivity index (χ4v) is 4.18. The maximum atomic E-state index is 12.0. The summed E-state index contributed by atoms with van der Waals surface area (Å²) in [7, 11) is -3.14. The van der Waals surface area contributed by atoms with E-state index in [0.29, 0.717) is 19.0 Å². The molecule has 2 heterocycles. The molecular weight excluding hydrogens is 288 g/mol. The van der Waals surface area contributed by atoms with Crippen molar-refractivity contribution in [3.8, 4) is 0 Å². The third-order valence-electron chi connectivity index (χ3n) is 4.31. The van der Waals surface area contributed by atoms with Gasteiger partial charge in [0.25, 0.3) is 0 Å². The first-order valence-corrected chi connectivity index (χ1v) is 9.83. The van der Waals surface area contributed by atoms with Crippen LogP contribution in [0.1, 0.15) is 19.8 Å². The zero-order valence-corrected chi connectivity index (χ0v) is 14.0. The van der Waals surface area contributed by atoms with E-state index >= 15 is 0 Å².